The van der Waals surface area contributed by atoms with Crippen molar-refractivity contribution in [3.63, 3.8) is 0 Å². The van der Waals surface area contributed by atoms with Gasteiger partial charge < -0.3 is 20.9 Å². The van der Waals surface area contributed by atoms with Crippen molar-refractivity contribution in [2.75, 3.05) is 6.54 Å². The van der Waals surface area contributed by atoms with Crippen LogP contribution in [0.1, 0.15) is 74.1 Å². The van der Waals surface area contributed by atoms with Gasteiger partial charge in [0.25, 0.3) is 15.9 Å². The summed E-state index contributed by atoms with van der Waals surface area (Å²) in [7, 11) is -4.15. The van der Waals surface area contributed by atoms with E-state index in [0.29, 0.717) is 6.54 Å². The van der Waals surface area contributed by atoms with Crippen molar-refractivity contribution in [1.29, 1.82) is 0 Å². The quantitative estimate of drug-likeness (QED) is 0.283. The number of benzene rings is 1. The van der Waals surface area contributed by atoms with Gasteiger partial charge in [0, 0.05) is 12.5 Å². The van der Waals surface area contributed by atoms with E-state index < -0.39 is 62.9 Å². The molecule has 0 radical (unpaired) electrons. The number of nitrogens with zero attached hydrogens (tertiary/aromatic N) is 1. The molecule has 1 aliphatic heterocycles. The van der Waals surface area contributed by atoms with Gasteiger partial charge in [0.1, 0.15) is 17.6 Å². The molecule has 46 heavy (non-hydrogen) atoms. The molecule has 5 atom stereocenters. The van der Waals surface area contributed by atoms with Gasteiger partial charge in [-0.05, 0) is 66.4 Å². The van der Waals surface area contributed by atoms with Crippen LogP contribution in [-0.4, -0.2) is 73.1 Å². The van der Waals surface area contributed by atoms with Gasteiger partial charge in [-0.25, -0.2) is 17.9 Å². The van der Waals surface area contributed by atoms with Crippen molar-refractivity contribution in [1.82, 2.24) is 25.6 Å². The van der Waals surface area contributed by atoms with Gasteiger partial charge in [0.2, 0.25) is 11.8 Å². The minimum Gasteiger partial charge on any atom is -0.340 e. The SMILES string of the molecule is CC(C)[C@H](NC(=O)N[C@H](C(=O)N1CC2C([C@H]1C(=O)NC1(C(=O)NS(=O)(=O)c3ccccc3)CC1)C2(C)C)C(C)(C)C)C(=O)C1CC1. The van der Waals surface area contributed by atoms with Gasteiger partial charge in [-0.1, -0.05) is 66.7 Å². The Bertz CT molecular complexity index is 1530. The van der Waals surface area contributed by atoms with E-state index in [1.54, 1.807) is 18.2 Å². The van der Waals surface area contributed by atoms with Crippen LogP contribution in [0.4, 0.5) is 4.79 Å². The largest absolute Gasteiger partial charge is 0.340 e. The zero-order valence-corrected chi connectivity index (χ0v) is 28.5. The molecule has 5 amide bonds. The Labute approximate surface area is 271 Å². The molecule has 4 aliphatic rings. The third-order valence-electron chi connectivity index (χ3n) is 10.2. The molecule has 1 heterocycles. The van der Waals surface area contributed by atoms with Crippen molar-refractivity contribution in [3.05, 3.63) is 30.3 Å². The van der Waals surface area contributed by atoms with Gasteiger partial charge >= 0.3 is 6.03 Å². The van der Waals surface area contributed by atoms with E-state index in [2.05, 4.69) is 20.7 Å². The first-order chi connectivity index (χ1) is 21.3. The molecule has 3 saturated carbocycles. The van der Waals surface area contributed by atoms with Crippen LogP contribution < -0.4 is 20.7 Å². The summed E-state index contributed by atoms with van der Waals surface area (Å²) in [5.74, 6) is -2.06. The van der Waals surface area contributed by atoms with Crippen molar-refractivity contribution in [2.45, 2.75) is 103 Å². The van der Waals surface area contributed by atoms with E-state index in [9.17, 15) is 32.4 Å². The van der Waals surface area contributed by atoms with E-state index in [1.807, 2.05) is 48.5 Å². The molecule has 252 valence electrons. The first kappa shape index (κ1) is 33.9. The first-order valence-corrected chi connectivity index (χ1v) is 17.6. The molecule has 1 saturated heterocycles. The van der Waals surface area contributed by atoms with E-state index in [-0.39, 0.29) is 52.6 Å². The van der Waals surface area contributed by atoms with Crippen molar-refractivity contribution in [2.24, 2.45) is 34.5 Å². The maximum atomic E-state index is 14.2. The second-order valence-electron chi connectivity index (χ2n) is 15.5. The van der Waals surface area contributed by atoms with Gasteiger partial charge in [-0.3, -0.25) is 19.2 Å². The maximum Gasteiger partial charge on any atom is 0.316 e. The Hall–Kier alpha value is -3.48. The lowest BCUT2D eigenvalue weighted by Gasteiger charge is -2.38. The fraction of sp³-hybridized carbons (Fsp3) is 0.667. The molecule has 5 rings (SSSR count). The molecule has 0 bridgehead atoms. The highest BCUT2D eigenvalue weighted by Crippen LogP contribution is 2.65. The summed E-state index contributed by atoms with van der Waals surface area (Å²) in [5.41, 5.74) is -2.36. The van der Waals surface area contributed by atoms with Crippen molar-refractivity contribution >= 4 is 39.6 Å². The normalized spacial score (nSPS) is 25.5. The maximum absolute atomic E-state index is 14.2. The summed E-state index contributed by atoms with van der Waals surface area (Å²) < 4.78 is 27.8. The Morgan fingerprint density at radius 3 is 2.09 bits per heavy atom. The van der Waals surface area contributed by atoms with Gasteiger partial charge in [0.15, 0.2) is 5.78 Å². The zero-order chi connectivity index (χ0) is 34.0. The Morgan fingerprint density at radius 1 is 0.957 bits per heavy atom. The van der Waals surface area contributed by atoms with Crippen LogP contribution in [0.25, 0.3) is 0 Å². The number of urea groups is 1. The number of Topliss-reactive ketones (excluding diaryl/α,β-unsaturated/α-hetero) is 1. The Morgan fingerprint density at radius 2 is 1.57 bits per heavy atom. The molecule has 12 nitrogen and oxygen atoms in total. The molecule has 3 aliphatic carbocycles. The molecule has 13 heteroatoms. The highest BCUT2D eigenvalue weighted by Gasteiger charge is 2.70. The molecule has 4 fully saturated rings. The topological polar surface area (TPSA) is 171 Å². The van der Waals surface area contributed by atoms with E-state index in [1.165, 1.54) is 17.0 Å². The van der Waals surface area contributed by atoms with Crippen LogP contribution in [-0.2, 0) is 29.2 Å². The lowest BCUT2D eigenvalue weighted by molar-refractivity contribution is -0.144. The number of fused-ring (bicyclic) bond motifs is 1. The van der Waals surface area contributed by atoms with Crippen LogP contribution in [0, 0.1) is 34.5 Å². The summed E-state index contributed by atoms with van der Waals surface area (Å²) in [6, 6.07) is 4.29. The van der Waals surface area contributed by atoms with Gasteiger partial charge in [0.05, 0.1) is 10.9 Å². The lowest BCUT2D eigenvalue weighted by Crippen LogP contribution is -2.62. The van der Waals surface area contributed by atoms with Crippen LogP contribution >= 0.6 is 0 Å². The van der Waals surface area contributed by atoms with Crippen LogP contribution in [0.3, 0.4) is 0 Å². The minimum absolute atomic E-state index is 0.00278. The molecule has 0 spiro atoms. The van der Waals surface area contributed by atoms with E-state index >= 15 is 0 Å². The number of amides is 5. The third kappa shape index (κ3) is 6.52. The summed E-state index contributed by atoms with van der Waals surface area (Å²) in [4.78, 5) is 68.9. The summed E-state index contributed by atoms with van der Waals surface area (Å²) in [6.07, 6.45) is 2.15. The number of hydrogen-bond donors (Lipinski definition) is 4. The predicted molar refractivity (Wildman–Crippen MR) is 169 cm³/mol. The second kappa shape index (κ2) is 11.6. The number of rotatable bonds is 11. The number of nitrogens with one attached hydrogen (secondary N) is 4. The van der Waals surface area contributed by atoms with Crippen LogP contribution in [0.5, 0.6) is 0 Å². The molecule has 1 aromatic carbocycles. The lowest BCUT2D eigenvalue weighted by atomic mass is 9.85. The molecule has 4 N–H and O–H groups in total. The van der Waals surface area contributed by atoms with E-state index in [4.69, 9.17) is 0 Å². The smallest absolute Gasteiger partial charge is 0.316 e. The fourth-order valence-electron chi connectivity index (χ4n) is 6.85. The first-order valence-electron chi connectivity index (χ1n) is 16.2. The minimum atomic E-state index is -4.15. The molecule has 1 aromatic rings. The number of carbonyl (C=O) groups is 5. The molecule has 2 unspecified atom stereocenters. The van der Waals surface area contributed by atoms with Crippen LogP contribution in [0.2, 0.25) is 0 Å². The Kier molecular flexibility index (Phi) is 8.57. The highest BCUT2D eigenvalue weighted by atomic mass is 32.2. The zero-order valence-electron chi connectivity index (χ0n) is 27.7. The highest BCUT2D eigenvalue weighted by molar-refractivity contribution is 7.90. The van der Waals surface area contributed by atoms with E-state index in [0.717, 1.165) is 12.8 Å². The van der Waals surface area contributed by atoms with Gasteiger partial charge in [-0.2, -0.15) is 0 Å². The van der Waals surface area contributed by atoms with Crippen LogP contribution in [0.15, 0.2) is 35.2 Å². The second-order valence-corrected chi connectivity index (χ2v) is 17.2. The standard InChI is InChI=1S/C33H47N5O7S/c1-18(2)23(25(39)19-13-14-19)34-30(43)35-26(31(3,4)5)28(41)38-17-21-22(32(21,6)7)24(38)27(40)36-33(15-16-33)29(42)37-46(44,45)20-11-9-8-10-12-20/h8-12,18-19,21-24,26H,13-17H2,1-7H3,(H,36,40)(H,37,42)(H2,34,35,43)/t21?,22?,23-,24-,26+/m0/s1. The molecule has 0 aromatic heterocycles. The average molecular weight is 658 g/mol. The monoisotopic (exact) mass is 657 g/mol. The number of sulfonamides is 1. The number of ketones is 1. The molecular weight excluding hydrogens is 610 g/mol. The molecular formula is C33H47N5O7S. The average Bonchev–Trinajstić information content (AvgIpc) is 3.92. The summed E-state index contributed by atoms with van der Waals surface area (Å²) in [5, 5.41) is 8.40. The van der Waals surface area contributed by atoms with Crippen molar-refractivity contribution < 1.29 is 32.4 Å². The number of likely N-dealkylation sites (tertiary alicyclic amines) is 1. The van der Waals surface area contributed by atoms with Gasteiger partial charge in [-0.15, -0.1) is 0 Å². The number of piperidine rings is 1. The summed E-state index contributed by atoms with van der Waals surface area (Å²) in [6.45, 7) is 13.6. The van der Waals surface area contributed by atoms with Crippen molar-refractivity contribution in [3.8, 4) is 0 Å². The predicted octanol–water partition coefficient (Wildman–Crippen LogP) is 2.34. The summed E-state index contributed by atoms with van der Waals surface area (Å²) >= 11 is 0. The number of hydrogen-bond acceptors (Lipinski definition) is 7. The third-order valence-corrected chi connectivity index (χ3v) is 11.6. The fourth-order valence-corrected chi connectivity index (χ4v) is 7.92. The number of carbonyl (C=O) groups excluding carboxylic acids is 5. The Balaban J connectivity index is 1.31.